The van der Waals surface area contributed by atoms with E-state index < -0.39 is 0 Å². The molecule has 19 heavy (non-hydrogen) atoms. The van der Waals surface area contributed by atoms with Gasteiger partial charge in [0.05, 0.1) is 6.61 Å². The van der Waals surface area contributed by atoms with Crippen LogP contribution in [-0.2, 0) is 4.74 Å². The second kappa shape index (κ2) is 9.73. The number of piperazine rings is 1. The zero-order valence-corrected chi connectivity index (χ0v) is 13.5. The Hall–Kier alpha value is -0.120. The van der Waals surface area contributed by atoms with Gasteiger partial charge in [0, 0.05) is 38.3 Å². The normalized spacial score (nSPS) is 25.1. The highest BCUT2D eigenvalue weighted by Crippen LogP contribution is 2.13. The summed E-state index contributed by atoms with van der Waals surface area (Å²) in [7, 11) is 0. The Morgan fingerprint density at radius 1 is 1.26 bits per heavy atom. The van der Waals surface area contributed by atoms with Crippen LogP contribution >= 0.6 is 0 Å². The molecule has 1 aliphatic rings. The lowest BCUT2D eigenvalue weighted by Gasteiger charge is -2.40. The van der Waals surface area contributed by atoms with Gasteiger partial charge in [-0.2, -0.15) is 0 Å². The van der Waals surface area contributed by atoms with Gasteiger partial charge < -0.3 is 10.1 Å². The van der Waals surface area contributed by atoms with Crippen molar-refractivity contribution in [2.75, 3.05) is 32.8 Å². The molecule has 0 bridgehead atoms. The van der Waals surface area contributed by atoms with E-state index in [-0.39, 0.29) is 0 Å². The Morgan fingerprint density at radius 3 is 2.68 bits per heavy atom. The maximum atomic E-state index is 5.78. The van der Waals surface area contributed by atoms with Crippen LogP contribution in [0.3, 0.4) is 0 Å². The molecule has 1 N–H and O–H groups in total. The van der Waals surface area contributed by atoms with Crippen molar-refractivity contribution in [3.63, 3.8) is 0 Å². The van der Waals surface area contributed by atoms with Crippen molar-refractivity contribution < 1.29 is 4.74 Å². The number of hydrogen-bond acceptors (Lipinski definition) is 3. The van der Waals surface area contributed by atoms with Crippen molar-refractivity contribution in [3.8, 4) is 0 Å². The molecule has 0 saturated carbocycles. The molecular formula is C16H34N2O. The Balaban J connectivity index is 2.25. The highest BCUT2D eigenvalue weighted by atomic mass is 16.5. The molecule has 0 spiro atoms. The summed E-state index contributed by atoms with van der Waals surface area (Å²) in [5.41, 5.74) is 0. The minimum absolute atomic E-state index is 0.670. The molecule has 0 amide bonds. The SMILES string of the molecule is CCCC1CNC(CC)CN1CCOCCC(C)C. The summed E-state index contributed by atoms with van der Waals surface area (Å²) in [6.07, 6.45) is 4.98. The van der Waals surface area contributed by atoms with Crippen LogP contribution in [0.1, 0.15) is 53.4 Å². The summed E-state index contributed by atoms with van der Waals surface area (Å²) in [6.45, 7) is 14.3. The predicted molar refractivity (Wildman–Crippen MR) is 82.6 cm³/mol. The predicted octanol–water partition coefficient (Wildman–Crippen LogP) is 2.90. The molecule has 1 saturated heterocycles. The molecule has 0 radical (unpaired) electrons. The first-order valence-corrected chi connectivity index (χ1v) is 8.22. The number of rotatable bonds is 9. The van der Waals surface area contributed by atoms with E-state index in [0.29, 0.717) is 12.1 Å². The second-order valence-corrected chi connectivity index (χ2v) is 6.25. The van der Waals surface area contributed by atoms with Gasteiger partial charge in [-0.05, 0) is 25.2 Å². The van der Waals surface area contributed by atoms with Gasteiger partial charge in [0.1, 0.15) is 0 Å². The molecule has 2 unspecified atom stereocenters. The Bertz CT molecular complexity index is 221. The zero-order chi connectivity index (χ0) is 14.1. The van der Waals surface area contributed by atoms with E-state index >= 15 is 0 Å². The summed E-state index contributed by atoms with van der Waals surface area (Å²) in [5.74, 6) is 0.747. The largest absolute Gasteiger partial charge is 0.380 e. The van der Waals surface area contributed by atoms with E-state index in [1.165, 1.54) is 32.2 Å². The van der Waals surface area contributed by atoms with Crippen LogP contribution in [0.4, 0.5) is 0 Å². The monoisotopic (exact) mass is 270 g/mol. The highest BCUT2D eigenvalue weighted by Gasteiger charge is 2.25. The minimum Gasteiger partial charge on any atom is -0.380 e. The van der Waals surface area contributed by atoms with Gasteiger partial charge in [0.15, 0.2) is 0 Å². The minimum atomic E-state index is 0.670. The van der Waals surface area contributed by atoms with E-state index in [2.05, 4.69) is 37.9 Å². The summed E-state index contributed by atoms with van der Waals surface area (Å²) < 4.78 is 5.78. The topological polar surface area (TPSA) is 24.5 Å². The van der Waals surface area contributed by atoms with Crippen molar-refractivity contribution in [3.05, 3.63) is 0 Å². The number of nitrogens with one attached hydrogen (secondary N) is 1. The number of nitrogens with zero attached hydrogens (tertiary/aromatic N) is 1. The summed E-state index contributed by atoms with van der Waals surface area (Å²) >= 11 is 0. The van der Waals surface area contributed by atoms with Crippen molar-refractivity contribution in [1.29, 1.82) is 0 Å². The lowest BCUT2D eigenvalue weighted by Crippen LogP contribution is -2.56. The fourth-order valence-corrected chi connectivity index (χ4v) is 2.70. The van der Waals surface area contributed by atoms with E-state index in [1.54, 1.807) is 0 Å². The molecule has 0 aromatic heterocycles. The second-order valence-electron chi connectivity index (χ2n) is 6.25. The van der Waals surface area contributed by atoms with Crippen molar-refractivity contribution in [1.82, 2.24) is 10.2 Å². The fraction of sp³-hybridized carbons (Fsp3) is 1.00. The quantitative estimate of drug-likeness (QED) is 0.652. The summed E-state index contributed by atoms with van der Waals surface area (Å²) in [4.78, 5) is 2.64. The number of hydrogen-bond donors (Lipinski definition) is 1. The van der Waals surface area contributed by atoms with Crippen molar-refractivity contribution >= 4 is 0 Å². The van der Waals surface area contributed by atoms with E-state index in [9.17, 15) is 0 Å². The Morgan fingerprint density at radius 2 is 2.05 bits per heavy atom. The average Bonchev–Trinajstić information content (AvgIpc) is 2.40. The Kier molecular flexibility index (Phi) is 8.67. The van der Waals surface area contributed by atoms with Gasteiger partial charge in [-0.1, -0.05) is 34.1 Å². The lowest BCUT2D eigenvalue weighted by molar-refractivity contribution is 0.0582. The molecule has 1 rings (SSSR count). The van der Waals surface area contributed by atoms with Crippen LogP contribution < -0.4 is 5.32 Å². The van der Waals surface area contributed by atoms with Gasteiger partial charge >= 0.3 is 0 Å². The molecule has 0 aliphatic carbocycles. The molecule has 2 atom stereocenters. The van der Waals surface area contributed by atoms with E-state index in [4.69, 9.17) is 4.74 Å². The van der Waals surface area contributed by atoms with Crippen LogP contribution in [-0.4, -0.2) is 49.8 Å². The first-order valence-electron chi connectivity index (χ1n) is 8.22. The molecule has 3 nitrogen and oxygen atoms in total. The highest BCUT2D eigenvalue weighted by molar-refractivity contribution is 4.85. The molecule has 1 heterocycles. The van der Waals surface area contributed by atoms with Gasteiger partial charge in [-0.3, -0.25) is 4.90 Å². The summed E-state index contributed by atoms with van der Waals surface area (Å²) in [5, 5.41) is 3.67. The molecule has 114 valence electrons. The molecule has 3 heteroatoms. The lowest BCUT2D eigenvalue weighted by atomic mass is 10.0. The third-order valence-electron chi connectivity index (χ3n) is 4.09. The third-order valence-corrected chi connectivity index (χ3v) is 4.09. The fourth-order valence-electron chi connectivity index (χ4n) is 2.70. The van der Waals surface area contributed by atoms with Crippen LogP contribution in [0.25, 0.3) is 0 Å². The first kappa shape index (κ1) is 16.9. The van der Waals surface area contributed by atoms with Crippen LogP contribution in [0, 0.1) is 5.92 Å². The molecular weight excluding hydrogens is 236 g/mol. The average molecular weight is 270 g/mol. The standard InChI is InChI=1S/C16H34N2O/c1-5-7-16-12-17-15(6-2)13-18(16)9-11-19-10-8-14(3)4/h14-17H,5-13H2,1-4H3. The van der Waals surface area contributed by atoms with Crippen LogP contribution in [0.5, 0.6) is 0 Å². The zero-order valence-electron chi connectivity index (χ0n) is 13.5. The van der Waals surface area contributed by atoms with E-state index in [0.717, 1.165) is 32.2 Å². The van der Waals surface area contributed by atoms with Gasteiger partial charge in [0.2, 0.25) is 0 Å². The molecule has 1 fully saturated rings. The molecule has 0 aromatic carbocycles. The molecule has 1 aliphatic heterocycles. The Labute approximate surface area is 120 Å². The van der Waals surface area contributed by atoms with Crippen LogP contribution in [0.2, 0.25) is 0 Å². The third kappa shape index (κ3) is 6.73. The summed E-state index contributed by atoms with van der Waals surface area (Å²) in [6, 6.07) is 1.38. The maximum Gasteiger partial charge on any atom is 0.0593 e. The van der Waals surface area contributed by atoms with Crippen LogP contribution in [0.15, 0.2) is 0 Å². The van der Waals surface area contributed by atoms with Gasteiger partial charge in [-0.15, -0.1) is 0 Å². The van der Waals surface area contributed by atoms with Gasteiger partial charge in [-0.25, -0.2) is 0 Å². The van der Waals surface area contributed by atoms with Crippen molar-refractivity contribution in [2.45, 2.75) is 65.5 Å². The van der Waals surface area contributed by atoms with E-state index in [1.807, 2.05) is 0 Å². The van der Waals surface area contributed by atoms with Crippen molar-refractivity contribution in [2.24, 2.45) is 5.92 Å². The van der Waals surface area contributed by atoms with Gasteiger partial charge in [0.25, 0.3) is 0 Å². The smallest absolute Gasteiger partial charge is 0.0593 e. The molecule has 0 aromatic rings. The number of ether oxygens (including phenoxy) is 1. The maximum absolute atomic E-state index is 5.78. The first-order chi connectivity index (χ1) is 9.17.